The molecule has 3 aromatic carbocycles. The predicted molar refractivity (Wildman–Crippen MR) is 135 cm³/mol. The highest BCUT2D eigenvalue weighted by atomic mass is 32.2. The van der Waals surface area contributed by atoms with Crippen LogP contribution in [0.25, 0.3) is 33.3 Å². The van der Waals surface area contributed by atoms with Crippen molar-refractivity contribution in [2.24, 2.45) is 0 Å². The highest BCUT2D eigenvalue weighted by molar-refractivity contribution is 7.90. The minimum absolute atomic E-state index is 0.0834. The van der Waals surface area contributed by atoms with E-state index >= 15 is 0 Å². The zero-order chi connectivity index (χ0) is 26.9. The third-order valence-corrected chi connectivity index (χ3v) is 7.58. The number of methoxy groups -OCH3 is 1. The van der Waals surface area contributed by atoms with E-state index in [-0.39, 0.29) is 10.6 Å². The highest BCUT2D eigenvalue weighted by Crippen LogP contribution is 2.38. The van der Waals surface area contributed by atoms with E-state index in [9.17, 15) is 21.6 Å². The van der Waals surface area contributed by atoms with Gasteiger partial charge in [-0.3, -0.25) is 0 Å². The minimum Gasteiger partial charge on any atom is -0.496 e. The average molecular weight is 537 g/mol. The Balaban J connectivity index is 1.54. The van der Waals surface area contributed by atoms with Crippen molar-refractivity contribution < 1.29 is 26.3 Å². The summed E-state index contributed by atoms with van der Waals surface area (Å²) >= 11 is 0. The molecule has 2 aromatic heterocycles. The second-order valence-electron chi connectivity index (χ2n) is 8.35. The van der Waals surface area contributed by atoms with Crippen molar-refractivity contribution in [2.45, 2.75) is 16.8 Å². The molecule has 7 nitrogen and oxygen atoms in total. The van der Waals surface area contributed by atoms with Crippen LogP contribution in [0.4, 0.5) is 13.2 Å². The Bertz CT molecular complexity index is 1740. The van der Waals surface area contributed by atoms with Gasteiger partial charge in [-0.15, -0.1) is 0 Å². The van der Waals surface area contributed by atoms with E-state index < -0.39 is 21.6 Å². The first-order chi connectivity index (χ1) is 18.2. The molecule has 2 heterocycles. The van der Waals surface area contributed by atoms with E-state index in [0.717, 1.165) is 12.1 Å². The molecule has 0 amide bonds. The van der Waals surface area contributed by atoms with Gasteiger partial charge in [-0.1, -0.05) is 18.2 Å². The third kappa shape index (κ3) is 5.05. The summed E-state index contributed by atoms with van der Waals surface area (Å²) in [7, 11) is -2.25. The second kappa shape index (κ2) is 9.82. The van der Waals surface area contributed by atoms with Gasteiger partial charge in [0.1, 0.15) is 18.4 Å². The smallest absolute Gasteiger partial charge is 0.416 e. The van der Waals surface area contributed by atoms with Crippen LogP contribution in [0.15, 0.2) is 90.5 Å². The number of hydrogen-bond acceptors (Lipinski definition) is 7. The number of alkyl halides is 3. The van der Waals surface area contributed by atoms with Crippen LogP contribution in [0.5, 0.6) is 5.75 Å². The van der Waals surface area contributed by atoms with Gasteiger partial charge in [0.15, 0.2) is 9.84 Å². The molecule has 0 radical (unpaired) electrons. The first-order valence-corrected chi connectivity index (χ1v) is 12.9. The van der Waals surface area contributed by atoms with E-state index in [4.69, 9.17) is 4.74 Å². The second-order valence-corrected chi connectivity index (χ2v) is 10.3. The Morgan fingerprint density at radius 2 is 1.68 bits per heavy atom. The average Bonchev–Trinajstić information content (AvgIpc) is 2.92. The van der Waals surface area contributed by atoms with E-state index in [1.165, 1.54) is 50.2 Å². The van der Waals surface area contributed by atoms with Crippen molar-refractivity contribution in [2.75, 3.05) is 7.11 Å². The van der Waals surface area contributed by atoms with Gasteiger partial charge in [0, 0.05) is 17.1 Å². The number of rotatable bonds is 6. The van der Waals surface area contributed by atoms with Crippen molar-refractivity contribution in [3.63, 3.8) is 0 Å². The molecule has 0 atom stereocenters. The standard InChI is InChI=1S/C27H19F3N4O3S/c1-37-25-12-18(17-3-2-4-19(11-17)27(28,29)30)5-7-23(25)26-22-8-6-21(13-24(22)33-16-34-26)38(35,36)14-20-9-10-31-15-32-20/h2-13,15-16H,14H2,1H3. The van der Waals surface area contributed by atoms with Crippen molar-refractivity contribution in [3.05, 3.63) is 96.8 Å². The quantitative estimate of drug-likeness (QED) is 0.273. The largest absolute Gasteiger partial charge is 0.496 e. The molecule has 0 spiro atoms. The van der Waals surface area contributed by atoms with E-state index in [1.807, 2.05) is 0 Å². The zero-order valence-corrected chi connectivity index (χ0v) is 20.7. The molecule has 0 unspecified atom stereocenters. The van der Waals surface area contributed by atoms with Gasteiger partial charge in [0.25, 0.3) is 0 Å². The fourth-order valence-electron chi connectivity index (χ4n) is 4.07. The maximum Gasteiger partial charge on any atom is 0.416 e. The summed E-state index contributed by atoms with van der Waals surface area (Å²) in [5.74, 6) is 0.101. The lowest BCUT2D eigenvalue weighted by Crippen LogP contribution is -2.06. The molecule has 0 aliphatic rings. The van der Waals surface area contributed by atoms with Crippen LogP contribution in [0.1, 0.15) is 11.3 Å². The van der Waals surface area contributed by atoms with Crippen molar-refractivity contribution in [1.29, 1.82) is 0 Å². The summed E-state index contributed by atoms with van der Waals surface area (Å²) in [4.78, 5) is 16.5. The Kier molecular flexibility index (Phi) is 6.53. The van der Waals surface area contributed by atoms with Gasteiger partial charge in [0.2, 0.25) is 0 Å². The van der Waals surface area contributed by atoms with Crippen molar-refractivity contribution >= 4 is 20.7 Å². The monoisotopic (exact) mass is 536 g/mol. The van der Waals surface area contributed by atoms with Gasteiger partial charge < -0.3 is 4.74 Å². The van der Waals surface area contributed by atoms with Crippen LogP contribution < -0.4 is 4.74 Å². The fraction of sp³-hybridized carbons (Fsp3) is 0.111. The number of ether oxygens (including phenoxy) is 1. The molecule has 192 valence electrons. The summed E-state index contributed by atoms with van der Waals surface area (Å²) in [5, 5.41) is 0.582. The van der Waals surface area contributed by atoms with Gasteiger partial charge in [-0.2, -0.15) is 13.2 Å². The lowest BCUT2D eigenvalue weighted by molar-refractivity contribution is -0.137. The first-order valence-electron chi connectivity index (χ1n) is 11.2. The number of hydrogen-bond donors (Lipinski definition) is 0. The van der Waals surface area contributed by atoms with Crippen LogP contribution >= 0.6 is 0 Å². The number of nitrogens with zero attached hydrogens (tertiary/aromatic N) is 4. The maximum atomic E-state index is 13.2. The molecule has 11 heteroatoms. The Labute approximate surface area is 215 Å². The lowest BCUT2D eigenvalue weighted by atomic mass is 9.98. The van der Waals surface area contributed by atoms with Crippen LogP contribution in [-0.2, 0) is 21.8 Å². The number of sulfone groups is 1. The number of aromatic nitrogens is 4. The molecule has 5 rings (SSSR count). The molecule has 0 bridgehead atoms. The van der Waals surface area contributed by atoms with Crippen LogP contribution in [-0.4, -0.2) is 35.5 Å². The molecular formula is C27H19F3N4O3S. The number of benzene rings is 3. The SMILES string of the molecule is COc1cc(-c2cccc(C(F)(F)F)c2)ccc1-c1ncnc2cc(S(=O)(=O)Cc3ccncn3)ccc12. The Morgan fingerprint density at radius 1 is 0.868 bits per heavy atom. The maximum absolute atomic E-state index is 13.2. The molecule has 5 aromatic rings. The fourth-order valence-corrected chi connectivity index (χ4v) is 5.36. The third-order valence-electron chi connectivity index (χ3n) is 5.93. The molecule has 0 saturated carbocycles. The molecule has 0 saturated heterocycles. The first kappa shape index (κ1) is 25.3. The summed E-state index contributed by atoms with van der Waals surface area (Å²) in [6.45, 7) is 0. The molecule has 0 aliphatic heterocycles. The molecule has 0 N–H and O–H groups in total. The van der Waals surface area contributed by atoms with E-state index in [0.29, 0.717) is 44.7 Å². The van der Waals surface area contributed by atoms with Crippen LogP contribution in [0, 0.1) is 0 Å². The molecule has 0 fully saturated rings. The number of halogens is 3. The van der Waals surface area contributed by atoms with E-state index in [1.54, 1.807) is 30.3 Å². The minimum atomic E-state index is -4.46. The van der Waals surface area contributed by atoms with Crippen molar-refractivity contribution in [3.8, 4) is 28.1 Å². The van der Waals surface area contributed by atoms with Crippen molar-refractivity contribution in [1.82, 2.24) is 19.9 Å². The van der Waals surface area contributed by atoms with Crippen LogP contribution in [0.2, 0.25) is 0 Å². The van der Waals surface area contributed by atoms with Gasteiger partial charge in [-0.05, 0) is 59.7 Å². The molecule has 0 aliphatic carbocycles. The van der Waals surface area contributed by atoms with E-state index in [2.05, 4.69) is 19.9 Å². The normalized spacial score (nSPS) is 12.0. The summed E-state index contributed by atoms with van der Waals surface area (Å²) in [6.07, 6.45) is -0.375. The molecule has 38 heavy (non-hydrogen) atoms. The zero-order valence-electron chi connectivity index (χ0n) is 19.8. The number of fused-ring (bicyclic) bond motifs is 1. The highest BCUT2D eigenvalue weighted by Gasteiger charge is 2.30. The topological polar surface area (TPSA) is 94.9 Å². The summed E-state index contributed by atoms with van der Waals surface area (Å²) < 4.78 is 71.1. The van der Waals surface area contributed by atoms with Gasteiger partial charge in [0.05, 0.1) is 40.2 Å². The predicted octanol–water partition coefficient (Wildman–Crippen LogP) is 5.76. The lowest BCUT2D eigenvalue weighted by Gasteiger charge is -2.14. The van der Waals surface area contributed by atoms with Crippen LogP contribution in [0.3, 0.4) is 0 Å². The van der Waals surface area contributed by atoms with Gasteiger partial charge >= 0.3 is 6.18 Å². The molecular weight excluding hydrogens is 517 g/mol. The Hall–Kier alpha value is -4.38. The summed E-state index contributed by atoms with van der Waals surface area (Å²) in [5.41, 5.74) is 2.01. The Morgan fingerprint density at radius 3 is 2.42 bits per heavy atom. The summed E-state index contributed by atoms with van der Waals surface area (Å²) in [6, 6.07) is 16.2. The van der Waals surface area contributed by atoms with Gasteiger partial charge in [-0.25, -0.2) is 28.4 Å².